The van der Waals surface area contributed by atoms with Crippen LogP contribution >= 0.6 is 8.53 Å². The number of nitrogens with zero attached hydrogens (tertiary/aromatic N) is 4. The minimum absolute atomic E-state index is 0.00774. The first-order chi connectivity index (χ1) is 17.2. The molecule has 10 nitrogen and oxygen atoms in total. The Hall–Kier alpha value is -2.10. The molecule has 5 atom stereocenters. The zero-order valence-corrected chi connectivity index (χ0v) is 22.0. The molecule has 0 spiro atoms. The molecular formula is C22H33F3N5O5P. The van der Waals surface area contributed by atoms with Gasteiger partial charge in [0.05, 0.1) is 6.10 Å². The number of carbonyl (C=O) groups is 1. The molecule has 1 aromatic heterocycles. The van der Waals surface area contributed by atoms with Gasteiger partial charge in [-0.3, -0.25) is 9.36 Å². The lowest BCUT2D eigenvalue weighted by Gasteiger charge is -2.38. The number of aromatic nitrogens is 2. The second kappa shape index (κ2) is 12.4. The molecule has 1 fully saturated rings. The zero-order valence-electron chi connectivity index (χ0n) is 22.1. The van der Waals surface area contributed by atoms with Crippen molar-refractivity contribution in [2.45, 2.75) is 91.2 Å². The lowest BCUT2D eigenvalue weighted by Crippen LogP contribution is -2.52. The van der Waals surface area contributed by atoms with Crippen LogP contribution in [0.15, 0.2) is 11.0 Å². The van der Waals surface area contributed by atoms with E-state index in [0.29, 0.717) is 11.3 Å². The van der Waals surface area contributed by atoms with E-state index in [1.54, 1.807) is 13.8 Å². The first-order valence-corrected chi connectivity index (χ1v) is 12.5. The van der Waals surface area contributed by atoms with Crippen LogP contribution in [0.5, 0.6) is 0 Å². The highest BCUT2D eigenvalue weighted by Gasteiger charge is 2.51. The highest BCUT2D eigenvalue weighted by Crippen LogP contribution is 2.49. The van der Waals surface area contributed by atoms with Gasteiger partial charge in [0.25, 0.3) is 8.53 Å². The average Bonchev–Trinajstić information content (AvgIpc) is 3.12. The van der Waals surface area contributed by atoms with Crippen molar-refractivity contribution >= 4 is 14.4 Å². The molecule has 2 rings (SSSR count). The van der Waals surface area contributed by atoms with Crippen LogP contribution in [0.1, 0.15) is 53.5 Å². The average molecular weight is 537 g/mol. The molecule has 0 radical (unpaired) electrons. The van der Waals surface area contributed by atoms with Crippen molar-refractivity contribution in [3.63, 3.8) is 0 Å². The summed E-state index contributed by atoms with van der Waals surface area (Å²) in [6, 6.07) is -1.72. The predicted molar refractivity (Wildman–Crippen MR) is 127 cm³/mol. The van der Waals surface area contributed by atoms with Crippen LogP contribution in [0.4, 0.5) is 13.2 Å². The van der Waals surface area contributed by atoms with Gasteiger partial charge in [-0.05, 0) is 54.0 Å². The zero-order chi connectivity index (χ0) is 28.1. The minimum Gasteiger partial charge on any atom is -0.350 e. The number of aryl methyl sites for hydroxylation is 2. The smallest absolute Gasteiger partial charge is 0.350 e. The first-order valence-electron chi connectivity index (χ1n) is 12.0. The molecule has 1 amide bonds. The summed E-state index contributed by atoms with van der Waals surface area (Å²) in [6.07, 6.45) is -7.62. The van der Waals surface area contributed by atoms with Gasteiger partial charge in [-0.2, -0.15) is 18.2 Å². The molecule has 0 aromatic carbocycles. The summed E-state index contributed by atoms with van der Waals surface area (Å²) in [5, 5.41) is 1.92. The van der Waals surface area contributed by atoms with Crippen molar-refractivity contribution in [1.82, 2.24) is 19.5 Å². The van der Waals surface area contributed by atoms with E-state index in [2.05, 4.69) is 9.83 Å². The van der Waals surface area contributed by atoms with Crippen molar-refractivity contribution in [3.8, 4) is 0 Å². The molecule has 36 heavy (non-hydrogen) atoms. The Morgan fingerprint density at radius 3 is 2.56 bits per heavy atom. The molecule has 14 heteroatoms. The summed E-state index contributed by atoms with van der Waals surface area (Å²) in [4.78, 5) is 31.9. The number of hydrogen-bond donors (Lipinski definition) is 1. The second-order valence-corrected chi connectivity index (χ2v) is 10.3. The van der Waals surface area contributed by atoms with Crippen LogP contribution in [0.25, 0.3) is 4.85 Å². The van der Waals surface area contributed by atoms with Gasteiger partial charge < -0.3 is 23.9 Å². The molecule has 0 saturated carbocycles. The van der Waals surface area contributed by atoms with Crippen LogP contribution in [0, 0.1) is 20.4 Å². The topological polar surface area (TPSA) is 99.3 Å². The minimum atomic E-state index is -5.21. The Morgan fingerprint density at radius 2 is 2.03 bits per heavy atom. The molecule has 202 valence electrons. The van der Waals surface area contributed by atoms with E-state index < -0.39 is 57.7 Å². The number of amides is 1. The van der Waals surface area contributed by atoms with Gasteiger partial charge in [0, 0.05) is 25.3 Å². The largest absolute Gasteiger partial charge is 0.471 e. The lowest BCUT2D eigenvalue weighted by atomic mass is 10.1. The molecule has 2 heterocycles. The third-order valence-electron chi connectivity index (χ3n) is 5.42. The maximum atomic E-state index is 13.3. The van der Waals surface area contributed by atoms with Crippen molar-refractivity contribution in [3.05, 3.63) is 39.4 Å². The number of ether oxygens (including phenoxy) is 1. The van der Waals surface area contributed by atoms with Gasteiger partial charge in [0.1, 0.15) is 18.8 Å². The normalized spacial score (nSPS) is 23.7. The third kappa shape index (κ3) is 7.23. The van der Waals surface area contributed by atoms with E-state index in [1.165, 1.54) is 6.20 Å². The van der Waals surface area contributed by atoms with Gasteiger partial charge >= 0.3 is 17.8 Å². The number of halogens is 3. The summed E-state index contributed by atoms with van der Waals surface area (Å²) in [5.41, 5.74) is 0.220. The molecule has 1 aliphatic rings. The second-order valence-electron chi connectivity index (χ2n) is 8.85. The number of alkyl halides is 3. The highest BCUT2D eigenvalue weighted by atomic mass is 31.2. The molecule has 0 aliphatic carbocycles. The van der Waals surface area contributed by atoms with Gasteiger partial charge in [-0.1, -0.05) is 0 Å². The van der Waals surface area contributed by atoms with E-state index in [-0.39, 0.29) is 25.2 Å². The van der Waals surface area contributed by atoms with Gasteiger partial charge in [0.2, 0.25) is 6.54 Å². The van der Waals surface area contributed by atoms with Crippen molar-refractivity contribution < 1.29 is 33.1 Å². The van der Waals surface area contributed by atoms with Crippen LogP contribution in [0.3, 0.4) is 0 Å². The van der Waals surface area contributed by atoms with E-state index in [9.17, 15) is 22.8 Å². The van der Waals surface area contributed by atoms with Crippen LogP contribution in [-0.4, -0.2) is 69.8 Å². The summed E-state index contributed by atoms with van der Waals surface area (Å²) in [6.45, 7) is 17.4. The fourth-order valence-electron chi connectivity index (χ4n) is 3.72. The van der Waals surface area contributed by atoms with Crippen molar-refractivity contribution in [1.29, 1.82) is 0 Å². The quantitative estimate of drug-likeness (QED) is 0.278. The van der Waals surface area contributed by atoms with Crippen LogP contribution < -0.4 is 11.0 Å². The Bertz CT molecular complexity index is 1030. The summed E-state index contributed by atoms with van der Waals surface area (Å²) in [7, 11) is -1.95. The number of rotatable bonds is 10. The fraction of sp³-hybridized carbons (Fsp3) is 0.727. The number of nitrogens with one attached hydrogen (secondary N) is 1. The summed E-state index contributed by atoms with van der Waals surface area (Å²) >= 11 is 0. The van der Waals surface area contributed by atoms with E-state index in [0.717, 1.165) is 4.57 Å². The summed E-state index contributed by atoms with van der Waals surface area (Å²) < 4.78 is 68.6. The molecule has 1 aliphatic heterocycles. The van der Waals surface area contributed by atoms with Gasteiger partial charge in [0.15, 0.2) is 6.23 Å². The summed E-state index contributed by atoms with van der Waals surface area (Å²) in [5.74, 6) is -2.24. The van der Waals surface area contributed by atoms with Gasteiger partial charge in [-0.15, -0.1) is 0 Å². The van der Waals surface area contributed by atoms with Crippen LogP contribution in [0.2, 0.25) is 0 Å². The van der Waals surface area contributed by atoms with Crippen molar-refractivity contribution in [2.75, 3.05) is 13.2 Å². The van der Waals surface area contributed by atoms with E-state index in [4.69, 9.17) is 21.7 Å². The molecule has 1 aromatic rings. The highest BCUT2D eigenvalue weighted by molar-refractivity contribution is 7.44. The van der Waals surface area contributed by atoms with Gasteiger partial charge in [-0.25, -0.2) is 16.0 Å². The fourth-order valence-corrected chi connectivity index (χ4v) is 5.49. The van der Waals surface area contributed by atoms with E-state index in [1.807, 2.05) is 37.7 Å². The first kappa shape index (κ1) is 28.5. The third-order valence-corrected chi connectivity index (χ3v) is 7.55. The Morgan fingerprint density at radius 1 is 1.39 bits per heavy atom. The number of carbonyl (C=O) groups excluding carboxylic acids is 1. The van der Waals surface area contributed by atoms with E-state index >= 15 is 0 Å². The standard InChI is InChI=1S/C22H33F3N5O5P/c1-12(2)30(13(3)4)36(33-10-9-26-8)35-18-16(7)34-19(17(18)28-20(31)22(23,24)25)29-11-14(5)15(6)27-21(29)32/h11-13,16-19H,9-10H2,1-7H3,(H,28,31)/t16-,17?,18+,19-,36?/m1/s1/i7D. The Balaban J connectivity index is 2.56. The monoisotopic (exact) mass is 536 g/mol. The molecule has 1 saturated heterocycles. The van der Waals surface area contributed by atoms with Crippen molar-refractivity contribution in [2.24, 2.45) is 0 Å². The number of hydrogen-bond acceptors (Lipinski definition) is 7. The Kier molecular flexibility index (Phi) is 9.83. The lowest BCUT2D eigenvalue weighted by molar-refractivity contribution is -0.175. The molecule has 2 unspecified atom stereocenters. The maximum absolute atomic E-state index is 13.3. The molecule has 0 bridgehead atoms. The maximum Gasteiger partial charge on any atom is 0.471 e. The molecular weight excluding hydrogens is 502 g/mol. The Labute approximate surface area is 211 Å². The SMILES string of the molecule is [2H]C[C@H]1O[C@@H](n2cc(C)c(C)nc2=O)C(NC(=O)C(F)(F)F)[C@H]1OP(OCC[N+]#[C-])N(C(C)C)C(C)C. The predicted octanol–water partition coefficient (Wildman–Crippen LogP) is 3.49. The van der Waals surface area contributed by atoms with Crippen LogP contribution in [-0.2, 0) is 18.6 Å². The molecule has 1 N–H and O–H groups in total.